The molecule has 1 aliphatic rings. The van der Waals surface area contributed by atoms with Crippen molar-refractivity contribution in [1.29, 1.82) is 0 Å². The zero-order chi connectivity index (χ0) is 15.7. The number of nitrogens with zero attached hydrogens (tertiary/aromatic N) is 3. The second-order valence-corrected chi connectivity index (χ2v) is 6.84. The fourth-order valence-corrected chi connectivity index (χ4v) is 3.95. The van der Waals surface area contributed by atoms with Gasteiger partial charge in [0.05, 0.1) is 6.04 Å². The molecule has 0 aromatic carbocycles. The highest BCUT2D eigenvalue weighted by Gasteiger charge is 2.31. The van der Waals surface area contributed by atoms with E-state index in [2.05, 4.69) is 35.7 Å². The van der Waals surface area contributed by atoms with E-state index in [1.165, 1.54) is 10.4 Å². The van der Waals surface area contributed by atoms with Gasteiger partial charge < -0.3 is 0 Å². The van der Waals surface area contributed by atoms with Gasteiger partial charge >= 0.3 is 0 Å². The number of piperidine rings is 1. The van der Waals surface area contributed by atoms with Crippen LogP contribution in [-0.2, 0) is 11.8 Å². The highest BCUT2D eigenvalue weighted by Crippen LogP contribution is 2.26. The number of aryl methyl sites for hydroxylation is 2. The van der Waals surface area contributed by atoms with Crippen molar-refractivity contribution in [2.45, 2.75) is 38.8 Å². The monoisotopic (exact) mass is 318 g/mol. The largest absolute Gasteiger partial charge is 0.298 e. The highest BCUT2D eigenvalue weighted by molar-refractivity contribution is 7.10. The van der Waals surface area contributed by atoms with Crippen molar-refractivity contribution in [2.24, 2.45) is 7.05 Å². The van der Waals surface area contributed by atoms with Crippen LogP contribution in [0.5, 0.6) is 0 Å². The van der Waals surface area contributed by atoms with E-state index in [0.29, 0.717) is 0 Å². The Labute approximate surface area is 134 Å². The summed E-state index contributed by atoms with van der Waals surface area (Å²) in [7, 11) is 1.87. The maximum Gasteiger partial charge on any atom is 0.245 e. The molecule has 6 heteroatoms. The van der Waals surface area contributed by atoms with Gasteiger partial charge in [0.1, 0.15) is 0 Å². The molecule has 1 N–H and O–H groups in total. The van der Waals surface area contributed by atoms with E-state index in [1.54, 1.807) is 20.9 Å². The third-order valence-corrected chi connectivity index (χ3v) is 5.36. The number of hydrogen-bond acceptors (Lipinski definition) is 4. The number of thiophene rings is 1. The summed E-state index contributed by atoms with van der Waals surface area (Å²) in [5.74, 6) is 0.880. The smallest absolute Gasteiger partial charge is 0.245 e. The Hall–Kier alpha value is -1.66. The number of amides is 1. The lowest BCUT2D eigenvalue weighted by atomic mass is 10.0. The molecule has 2 aromatic rings. The summed E-state index contributed by atoms with van der Waals surface area (Å²) >= 11 is 1.74. The van der Waals surface area contributed by atoms with Crippen LogP contribution in [0.4, 0.5) is 5.82 Å². The molecule has 3 heterocycles. The summed E-state index contributed by atoms with van der Waals surface area (Å²) < 4.78 is 1.73. The fraction of sp³-hybridized carbons (Fsp3) is 0.500. The standard InChI is InChI=1S/C16H22N4OS/c1-11-7-10-22-15(11)12(2)17-13-5-4-8-20(16(13)21)14-6-9-19(3)18-14/h6-7,9-10,12-13,17H,4-5,8H2,1-3H3/t12-,13+/m0/s1. The Morgan fingerprint density at radius 1 is 1.45 bits per heavy atom. The summed E-state index contributed by atoms with van der Waals surface area (Å²) in [6, 6.07) is 4.08. The molecule has 1 saturated heterocycles. The minimum absolute atomic E-state index is 0.131. The van der Waals surface area contributed by atoms with E-state index in [1.807, 2.05) is 19.3 Å². The van der Waals surface area contributed by atoms with Gasteiger partial charge in [-0.3, -0.25) is 19.7 Å². The average Bonchev–Trinajstić information content (AvgIpc) is 3.10. The lowest BCUT2D eigenvalue weighted by Crippen LogP contribution is -2.51. The number of hydrogen-bond donors (Lipinski definition) is 1. The van der Waals surface area contributed by atoms with E-state index in [0.717, 1.165) is 25.2 Å². The third-order valence-electron chi connectivity index (χ3n) is 4.16. The van der Waals surface area contributed by atoms with Crippen molar-refractivity contribution in [3.63, 3.8) is 0 Å². The number of carbonyl (C=O) groups excluding carboxylic acids is 1. The normalized spacial score (nSPS) is 20.4. The summed E-state index contributed by atoms with van der Waals surface area (Å²) in [4.78, 5) is 15.9. The van der Waals surface area contributed by atoms with Crippen LogP contribution in [-0.4, -0.2) is 28.3 Å². The first-order chi connectivity index (χ1) is 10.6. The summed E-state index contributed by atoms with van der Waals surface area (Å²) in [6.45, 7) is 5.00. The molecule has 0 saturated carbocycles. The molecule has 0 bridgehead atoms. The SMILES string of the molecule is Cc1ccsc1[C@H](C)N[C@@H]1CCCN(c2ccn(C)n2)C1=O. The maximum absolute atomic E-state index is 12.7. The molecule has 3 rings (SSSR count). The van der Waals surface area contributed by atoms with Gasteiger partial charge in [-0.15, -0.1) is 11.3 Å². The van der Waals surface area contributed by atoms with Gasteiger partial charge in [0.2, 0.25) is 5.91 Å². The van der Waals surface area contributed by atoms with Gasteiger partial charge in [0.15, 0.2) is 5.82 Å². The predicted molar refractivity (Wildman–Crippen MR) is 89.2 cm³/mol. The Morgan fingerprint density at radius 2 is 2.27 bits per heavy atom. The van der Waals surface area contributed by atoms with Crippen LogP contribution in [0.2, 0.25) is 0 Å². The van der Waals surface area contributed by atoms with Crippen molar-refractivity contribution in [3.8, 4) is 0 Å². The predicted octanol–water partition coefficient (Wildman–Crippen LogP) is 2.64. The molecule has 1 fully saturated rings. The number of nitrogens with one attached hydrogen (secondary N) is 1. The number of aromatic nitrogens is 2. The molecule has 0 spiro atoms. The molecule has 5 nitrogen and oxygen atoms in total. The quantitative estimate of drug-likeness (QED) is 0.943. The van der Waals surface area contributed by atoms with Gasteiger partial charge in [0, 0.05) is 36.8 Å². The second-order valence-electron chi connectivity index (χ2n) is 5.89. The van der Waals surface area contributed by atoms with Gasteiger partial charge in [0.25, 0.3) is 0 Å². The molecule has 2 atom stereocenters. The zero-order valence-corrected chi connectivity index (χ0v) is 14.1. The lowest BCUT2D eigenvalue weighted by Gasteiger charge is -2.32. The van der Waals surface area contributed by atoms with E-state index < -0.39 is 0 Å². The van der Waals surface area contributed by atoms with Crippen molar-refractivity contribution >= 4 is 23.1 Å². The molecule has 0 aliphatic carbocycles. The van der Waals surface area contributed by atoms with Gasteiger partial charge in [-0.25, -0.2) is 0 Å². The molecule has 1 amide bonds. The minimum atomic E-state index is -0.132. The van der Waals surface area contributed by atoms with Gasteiger partial charge in [-0.2, -0.15) is 5.10 Å². The first-order valence-electron chi connectivity index (χ1n) is 7.67. The summed E-state index contributed by atoms with van der Waals surface area (Å²) in [6.07, 6.45) is 3.75. The van der Waals surface area contributed by atoms with Crippen molar-refractivity contribution in [2.75, 3.05) is 11.4 Å². The first kappa shape index (κ1) is 15.2. The van der Waals surface area contributed by atoms with Gasteiger partial charge in [-0.05, 0) is 43.7 Å². The average molecular weight is 318 g/mol. The molecule has 2 aromatic heterocycles. The van der Waals surface area contributed by atoms with Crippen LogP contribution in [0, 0.1) is 6.92 Å². The van der Waals surface area contributed by atoms with E-state index in [9.17, 15) is 4.79 Å². The maximum atomic E-state index is 12.7. The molecular formula is C16H22N4OS. The summed E-state index contributed by atoms with van der Waals surface area (Å²) in [5.41, 5.74) is 1.29. The van der Waals surface area contributed by atoms with Crippen molar-refractivity contribution < 1.29 is 4.79 Å². The Balaban J connectivity index is 1.71. The van der Waals surface area contributed by atoms with Crippen molar-refractivity contribution in [3.05, 3.63) is 34.2 Å². The van der Waals surface area contributed by atoms with Crippen LogP contribution in [0.25, 0.3) is 0 Å². The highest BCUT2D eigenvalue weighted by atomic mass is 32.1. The van der Waals surface area contributed by atoms with Crippen LogP contribution in [0.3, 0.4) is 0 Å². The number of rotatable bonds is 4. The van der Waals surface area contributed by atoms with E-state index in [4.69, 9.17) is 0 Å². The number of anilines is 1. The molecule has 22 heavy (non-hydrogen) atoms. The Kier molecular flexibility index (Phi) is 4.31. The fourth-order valence-electron chi connectivity index (χ4n) is 3.01. The van der Waals surface area contributed by atoms with E-state index in [-0.39, 0.29) is 18.0 Å². The lowest BCUT2D eigenvalue weighted by molar-refractivity contribution is -0.122. The molecule has 118 valence electrons. The third kappa shape index (κ3) is 2.94. The minimum Gasteiger partial charge on any atom is -0.298 e. The Bertz CT molecular complexity index is 663. The van der Waals surface area contributed by atoms with Gasteiger partial charge in [-0.1, -0.05) is 0 Å². The van der Waals surface area contributed by atoms with Crippen LogP contribution in [0.1, 0.15) is 36.2 Å². The summed E-state index contributed by atoms with van der Waals surface area (Å²) in [5, 5.41) is 9.96. The molecule has 1 aliphatic heterocycles. The number of carbonyl (C=O) groups is 1. The van der Waals surface area contributed by atoms with Crippen LogP contribution < -0.4 is 10.2 Å². The topological polar surface area (TPSA) is 50.2 Å². The Morgan fingerprint density at radius 3 is 2.91 bits per heavy atom. The first-order valence-corrected chi connectivity index (χ1v) is 8.55. The molecule has 0 unspecified atom stereocenters. The molecular weight excluding hydrogens is 296 g/mol. The zero-order valence-electron chi connectivity index (χ0n) is 13.2. The van der Waals surface area contributed by atoms with Crippen LogP contribution in [0.15, 0.2) is 23.7 Å². The van der Waals surface area contributed by atoms with Crippen LogP contribution >= 0.6 is 11.3 Å². The second kappa shape index (κ2) is 6.22. The molecule has 0 radical (unpaired) electrons. The van der Waals surface area contributed by atoms with E-state index >= 15 is 0 Å². The van der Waals surface area contributed by atoms with Crippen molar-refractivity contribution in [1.82, 2.24) is 15.1 Å².